The zero-order valence-electron chi connectivity index (χ0n) is 11.2. The molecule has 9 heteroatoms. The van der Waals surface area contributed by atoms with Crippen molar-refractivity contribution in [1.82, 2.24) is 14.9 Å². The van der Waals surface area contributed by atoms with Crippen LogP contribution in [0.4, 0.5) is 19.3 Å². The molecule has 0 aliphatic rings. The minimum atomic E-state index is -2.66. The highest BCUT2D eigenvalue weighted by molar-refractivity contribution is 6.35. The number of carbonyl (C=O) groups is 1. The van der Waals surface area contributed by atoms with Crippen LogP contribution in [0.25, 0.3) is 0 Å². The second kappa shape index (κ2) is 7.42. The second-order valence-electron chi connectivity index (χ2n) is 4.28. The average Bonchev–Trinajstić information content (AvgIpc) is 2.91. The minimum absolute atomic E-state index is 0.147. The van der Waals surface area contributed by atoms with Crippen molar-refractivity contribution in [2.45, 2.75) is 13.0 Å². The van der Waals surface area contributed by atoms with E-state index in [9.17, 15) is 13.6 Å². The van der Waals surface area contributed by atoms with E-state index in [-0.39, 0.29) is 18.8 Å². The topological polar surface area (TPSA) is 59.0 Å². The highest BCUT2D eigenvalue weighted by atomic mass is 35.5. The van der Waals surface area contributed by atoms with Crippen molar-refractivity contribution in [1.29, 1.82) is 0 Å². The van der Waals surface area contributed by atoms with Gasteiger partial charge in [0.05, 0.1) is 10.7 Å². The van der Waals surface area contributed by atoms with Gasteiger partial charge in [0.15, 0.2) is 0 Å². The number of anilines is 1. The van der Waals surface area contributed by atoms with Gasteiger partial charge in [0.1, 0.15) is 5.82 Å². The van der Waals surface area contributed by atoms with Gasteiger partial charge in [-0.05, 0) is 18.2 Å². The lowest BCUT2D eigenvalue weighted by atomic mass is 10.3. The summed E-state index contributed by atoms with van der Waals surface area (Å²) in [5.74, 6) is 0.191. The molecule has 0 atom stereocenters. The van der Waals surface area contributed by atoms with Gasteiger partial charge in [-0.25, -0.2) is 9.78 Å². The summed E-state index contributed by atoms with van der Waals surface area (Å²) in [6, 6.07) is 4.14. The van der Waals surface area contributed by atoms with Crippen LogP contribution in [0, 0.1) is 0 Å². The normalized spacial score (nSPS) is 10.8. The molecule has 5 nitrogen and oxygen atoms in total. The van der Waals surface area contributed by atoms with Crippen LogP contribution in [0.3, 0.4) is 0 Å². The summed E-state index contributed by atoms with van der Waals surface area (Å²) in [7, 11) is 0. The lowest BCUT2D eigenvalue weighted by Crippen LogP contribution is -2.31. The molecule has 22 heavy (non-hydrogen) atoms. The lowest BCUT2D eigenvalue weighted by molar-refractivity contribution is 0.0670. The summed E-state index contributed by atoms with van der Waals surface area (Å²) in [5, 5.41) is 5.83. The van der Waals surface area contributed by atoms with Crippen molar-refractivity contribution in [2.24, 2.45) is 0 Å². The third-order valence-electron chi connectivity index (χ3n) is 2.77. The third kappa shape index (κ3) is 4.32. The predicted octanol–water partition coefficient (Wildman–Crippen LogP) is 3.95. The van der Waals surface area contributed by atoms with E-state index in [1.54, 1.807) is 12.1 Å². The Bertz CT molecular complexity index is 663. The van der Waals surface area contributed by atoms with E-state index in [1.807, 2.05) is 0 Å². The number of alkyl halides is 2. The summed E-state index contributed by atoms with van der Waals surface area (Å²) in [4.78, 5) is 15.5. The van der Waals surface area contributed by atoms with E-state index < -0.39 is 12.6 Å². The predicted molar refractivity (Wildman–Crippen MR) is 80.7 cm³/mol. The largest absolute Gasteiger partial charge is 0.337 e. The van der Waals surface area contributed by atoms with E-state index in [2.05, 4.69) is 15.6 Å². The van der Waals surface area contributed by atoms with Crippen LogP contribution in [-0.4, -0.2) is 22.1 Å². The molecule has 2 amide bonds. The van der Waals surface area contributed by atoms with Gasteiger partial charge < -0.3 is 10.6 Å². The molecule has 0 saturated heterocycles. The molecule has 0 aliphatic carbocycles. The van der Waals surface area contributed by atoms with Crippen molar-refractivity contribution in [2.75, 3.05) is 11.9 Å². The molecule has 0 radical (unpaired) electrons. The van der Waals surface area contributed by atoms with Crippen molar-refractivity contribution in [3.05, 3.63) is 46.5 Å². The SMILES string of the molecule is O=C(NCCc1nccn1C(F)F)Nc1cc(Cl)ccc1Cl. The van der Waals surface area contributed by atoms with Crippen LogP contribution in [0.5, 0.6) is 0 Å². The molecule has 0 bridgehead atoms. The number of hydrogen-bond acceptors (Lipinski definition) is 2. The summed E-state index contributed by atoms with van der Waals surface area (Å²) in [5.41, 5.74) is 0.362. The number of amides is 2. The summed E-state index contributed by atoms with van der Waals surface area (Å²) >= 11 is 11.7. The number of carbonyl (C=O) groups excluding carboxylic acids is 1. The Hall–Kier alpha value is -1.86. The molecule has 1 heterocycles. The standard InChI is InChI=1S/C13H12Cl2F2N4O/c14-8-1-2-9(15)10(7-8)20-13(22)19-4-3-11-18-5-6-21(11)12(16)17/h1-2,5-7,12H,3-4H2,(H2,19,20,22). The van der Waals surface area contributed by atoms with Crippen molar-refractivity contribution in [3.63, 3.8) is 0 Å². The summed E-state index contributed by atoms with van der Waals surface area (Å²) in [6.45, 7) is -2.51. The first-order chi connectivity index (χ1) is 10.5. The first-order valence-electron chi connectivity index (χ1n) is 6.27. The molecule has 1 aromatic heterocycles. The maximum absolute atomic E-state index is 12.6. The fraction of sp³-hybridized carbons (Fsp3) is 0.231. The molecule has 1 aromatic carbocycles. The molecule has 2 aromatic rings. The monoisotopic (exact) mass is 348 g/mol. The molecular weight excluding hydrogens is 337 g/mol. The van der Waals surface area contributed by atoms with Gasteiger partial charge in [-0.3, -0.25) is 4.57 Å². The van der Waals surface area contributed by atoms with Gasteiger partial charge in [-0.2, -0.15) is 8.78 Å². The van der Waals surface area contributed by atoms with Crippen LogP contribution in [0.2, 0.25) is 10.0 Å². The number of aromatic nitrogens is 2. The van der Waals surface area contributed by atoms with Crippen LogP contribution in [0.1, 0.15) is 12.4 Å². The van der Waals surface area contributed by atoms with E-state index in [1.165, 1.54) is 18.5 Å². The lowest BCUT2D eigenvalue weighted by Gasteiger charge is -2.10. The number of benzene rings is 1. The molecule has 0 unspecified atom stereocenters. The number of hydrogen-bond donors (Lipinski definition) is 2. The van der Waals surface area contributed by atoms with Gasteiger partial charge >= 0.3 is 12.6 Å². The molecule has 2 rings (SSSR count). The van der Waals surface area contributed by atoms with Crippen molar-refractivity contribution < 1.29 is 13.6 Å². The molecule has 0 aliphatic heterocycles. The second-order valence-corrected chi connectivity index (χ2v) is 5.13. The van der Waals surface area contributed by atoms with Gasteiger partial charge in [0.25, 0.3) is 0 Å². The van der Waals surface area contributed by atoms with Crippen molar-refractivity contribution in [3.8, 4) is 0 Å². The van der Waals surface area contributed by atoms with E-state index in [0.717, 1.165) is 4.57 Å². The number of nitrogens with zero attached hydrogens (tertiary/aromatic N) is 2. The molecule has 0 fully saturated rings. The number of rotatable bonds is 5. The fourth-order valence-corrected chi connectivity index (χ4v) is 2.10. The first-order valence-corrected chi connectivity index (χ1v) is 7.02. The van der Waals surface area contributed by atoms with Gasteiger partial charge in [0, 0.05) is 30.4 Å². The fourth-order valence-electron chi connectivity index (χ4n) is 1.76. The Kier molecular flexibility index (Phi) is 5.57. The Morgan fingerprint density at radius 3 is 2.86 bits per heavy atom. The van der Waals surface area contributed by atoms with E-state index in [0.29, 0.717) is 15.7 Å². The van der Waals surface area contributed by atoms with Gasteiger partial charge in [-0.15, -0.1) is 0 Å². The smallest absolute Gasteiger partial charge is 0.319 e. The maximum atomic E-state index is 12.6. The highest BCUT2D eigenvalue weighted by Gasteiger charge is 2.11. The van der Waals surface area contributed by atoms with E-state index >= 15 is 0 Å². The molecule has 118 valence electrons. The molecular formula is C13H12Cl2F2N4O. The summed E-state index contributed by atoms with van der Waals surface area (Å²) < 4.78 is 26.0. The Balaban J connectivity index is 1.85. The van der Waals surface area contributed by atoms with Crippen LogP contribution in [0.15, 0.2) is 30.6 Å². The number of halogens is 4. The summed E-state index contributed by atoms with van der Waals surface area (Å²) in [6.07, 6.45) is 2.65. The Morgan fingerprint density at radius 1 is 1.36 bits per heavy atom. The highest BCUT2D eigenvalue weighted by Crippen LogP contribution is 2.25. The van der Waals surface area contributed by atoms with Crippen LogP contribution >= 0.6 is 23.2 Å². The minimum Gasteiger partial charge on any atom is -0.337 e. The Labute approximate surface area is 135 Å². The zero-order valence-corrected chi connectivity index (χ0v) is 12.7. The molecule has 0 saturated carbocycles. The third-order valence-corrected chi connectivity index (χ3v) is 3.33. The number of nitrogens with one attached hydrogen (secondary N) is 2. The quantitative estimate of drug-likeness (QED) is 0.859. The van der Waals surface area contributed by atoms with Gasteiger partial charge in [0.2, 0.25) is 0 Å². The van der Waals surface area contributed by atoms with Gasteiger partial charge in [-0.1, -0.05) is 23.2 Å². The first kappa shape index (κ1) is 16.5. The van der Waals surface area contributed by atoms with Crippen LogP contribution in [-0.2, 0) is 6.42 Å². The van der Waals surface area contributed by atoms with E-state index in [4.69, 9.17) is 23.2 Å². The Morgan fingerprint density at radius 2 is 2.14 bits per heavy atom. The number of imidazole rings is 1. The zero-order chi connectivity index (χ0) is 16.1. The van der Waals surface area contributed by atoms with Crippen LogP contribution < -0.4 is 10.6 Å². The maximum Gasteiger partial charge on any atom is 0.319 e. The number of urea groups is 1. The van der Waals surface area contributed by atoms with Crippen molar-refractivity contribution >= 4 is 34.9 Å². The average molecular weight is 349 g/mol. The molecule has 0 spiro atoms. The molecule has 2 N–H and O–H groups in total.